The molecule has 8 heterocycles. The van der Waals surface area contributed by atoms with Crippen LogP contribution in [0.3, 0.4) is 0 Å². The van der Waals surface area contributed by atoms with E-state index in [4.69, 9.17) is 19.7 Å². The number of phenolic OH excluding ortho intramolecular Hbond substituents is 1. The number of hydrogen-bond acceptors (Lipinski definition) is 24. The number of aliphatic hydroxyl groups is 1. The van der Waals surface area contributed by atoms with Gasteiger partial charge in [0, 0.05) is 95.2 Å². The van der Waals surface area contributed by atoms with Gasteiger partial charge in [-0.15, -0.1) is 21.5 Å². The molecule has 0 spiro atoms. The SMILES string of the molecule is CNC(=O)[C@@H](CCC(=O)N[C@H](C(=O)N[C@@H](CCCNC(N)=O)C(=O)Nc1ccc(COC(=O)N2C[C@H]3CN(CC4CCN(CCOc5cc([C@H](C(=O)N6C[C@H](O)C[C@H]6C(=O)N[C@@H](C)c6ccc(-c7scnc7C)cc6)C(C)C)on5)CC4)CCN3c3cc(-c4ccccc4O)nnc32)cc1)C(C)C)NC(=O)CN1C(=O)C=CC1=O. The second-order valence-corrected chi connectivity index (χ2v) is 30.9. The molecule has 3 aromatic carbocycles. The fraction of sp³-hybridized carbons (Fsp3) is 0.481. The number of nitrogens with one attached hydrogen (secondary N) is 7. The molecule has 11 N–H and O–H groups in total. The molecule has 11 rings (SSSR count). The summed E-state index contributed by atoms with van der Waals surface area (Å²) in [7, 11) is 1.32. The smallest absolute Gasteiger partial charge is 0.415 e. The number of fused-ring (bicyclic) bond motifs is 3. The van der Waals surface area contributed by atoms with Crippen LogP contribution >= 0.6 is 11.3 Å². The van der Waals surface area contributed by atoms with Gasteiger partial charge in [-0.3, -0.25) is 62.8 Å². The molecule has 0 radical (unpaired) electrons. The number of piperidine rings is 1. The monoisotopic (exact) mass is 1590 g/mol. The summed E-state index contributed by atoms with van der Waals surface area (Å²) in [6, 6.07) is 19.0. The third-order valence-corrected chi connectivity index (χ3v) is 22.1. The Morgan fingerprint density at radius 3 is 2.18 bits per heavy atom. The fourth-order valence-electron chi connectivity index (χ4n) is 14.9. The first-order chi connectivity index (χ1) is 54.7. The second-order valence-electron chi connectivity index (χ2n) is 30.0. The van der Waals surface area contributed by atoms with Gasteiger partial charge in [0.1, 0.15) is 55.6 Å². The molecule has 0 unspecified atom stereocenters. The van der Waals surface area contributed by atoms with Crippen molar-refractivity contribution in [1.29, 1.82) is 0 Å². The molecule has 608 valence electrons. The van der Waals surface area contributed by atoms with Crippen molar-refractivity contribution in [3.63, 3.8) is 0 Å². The summed E-state index contributed by atoms with van der Waals surface area (Å²) < 4.78 is 17.9. The van der Waals surface area contributed by atoms with Crippen molar-refractivity contribution < 1.29 is 76.9 Å². The number of aliphatic hydroxyl groups excluding tert-OH is 1. The van der Waals surface area contributed by atoms with E-state index in [-0.39, 0.29) is 99.8 Å². The largest absolute Gasteiger partial charge is 0.507 e. The summed E-state index contributed by atoms with van der Waals surface area (Å²) in [5.74, 6) is -5.83. The van der Waals surface area contributed by atoms with E-state index in [1.165, 1.54) is 16.8 Å². The van der Waals surface area contributed by atoms with Gasteiger partial charge in [-0.2, -0.15) is 0 Å². The van der Waals surface area contributed by atoms with Crippen LogP contribution in [0.5, 0.6) is 11.6 Å². The maximum atomic E-state index is 14.4. The Hall–Kier alpha value is -11.4. The first-order valence-electron chi connectivity index (χ1n) is 38.5. The number of benzene rings is 3. The van der Waals surface area contributed by atoms with E-state index in [2.05, 4.69) is 72.3 Å². The van der Waals surface area contributed by atoms with Crippen LogP contribution in [0.25, 0.3) is 21.7 Å². The molecule has 114 heavy (non-hydrogen) atoms. The van der Waals surface area contributed by atoms with Gasteiger partial charge < -0.3 is 77.0 Å². The number of carbonyl (C=O) groups excluding carboxylic acids is 11. The highest BCUT2D eigenvalue weighted by Crippen LogP contribution is 2.40. The molecule has 0 bridgehead atoms. The molecule has 5 aliphatic rings. The number of para-hydroxylation sites is 1. The number of carbonyl (C=O) groups is 11. The number of piperazine rings is 1. The molecular formula is C79H100N18O16S. The van der Waals surface area contributed by atoms with Gasteiger partial charge in [-0.1, -0.05) is 76.2 Å². The minimum Gasteiger partial charge on any atom is -0.507 e. The number of ether oxygens (including phenoxy) is 2. The zero-order valence-corrected chi connectivity index (χ0v) is 65.7. The average Bonchev–Trinajstić information content (AvgIpc) is 0.992. The predicted molar refractivity (Wildman–Crippen MR) is 420 cm³/mol. The van der Waals surface area contributed by atoms with Gasteiger partial charge >= 0.3 is 12.1 Å². The van der Waals surface area contributed by atoms with E-state index in [1.54, 1.807) is 79.8 Å². The number of aryl methyl sites for hydroxylation is 1. The number of imide groups is 1. The van der Waals surface area contributed by atoms with Crippen molar-refractivity contribution in [2.45, 2.75) is 141 Å². The normalized spacial score (nSPS) is 18.5. The van der Waals surface area contributed by atoms with Crippen molar-refractivity contribution in [3.05, 3.63) is 125 Å². The van der Waals surface area contributed by atoms with Gasteiger partial charge in [0.2, 0.25) is 41.4 Å². The van der Waals surface area contributed by atoms with Gasteiger partial charge in [0.15, 0.2) is 11.6 Å². The van der Waals surface area contributed by atoms with Gasteiger partial charge in [-0.05, 0) is 129 Å². The predicted octanol–water partition coefficient (Wildman–Crippen LogP) is 4.23. The number of primary amides is 1. The maximum absolute atomic E-state index is 14.4. The molecule has 5 aliphatic heterocycles. The number of aromatic hydroxyl groups is 1. The van der Waals surface area contributed by atoms with Crippen molar-refractivity contribution in [2.75, 3.05) is 101 Å². The van der Waals surface area contributed by atoms with Gasteiger partial charge in [0.05, 0.1) is 52.2 Å². The van der Waals surface area contributed by atoms with Crippen LogP contribution in [-0.4, -0.2) is 237 Å². The number of amides is 12. The summed E-state index contributed by atoms with van der Waals surface area (Å²) >= 11 is 1.57. The zero-order valence-electron chi connectivity index (χ0n) is 64.9. The van der Waals surface area contributed by atoms with E-state index >= 15 is 0 Å². The van der Waals surface area contributed by atoms with Crippen molar-refractivity contribution in [2.24, 2.45) is 23.5 Å². The van der Waals surface area contributed by atoms with Crippen LogP contribution in [-0.2, 0) is 54.5 Å². The lowest BCUT2D eigenvalue weighted by Gasteiger charge is -2.48. The lowest BCUT2D eigenvalue weighted by Crippen LogP contribution is -2.61. The highest BCUT2D eigenvalue weighted by molar-refractivity contribution is 7.13. The van der Waals surface area contributed by atoms with Crippen LogP contribution in [0.4, 0.5) is 26.8 Å². The molecule has 34 nitrogen and oxygen atoms in total. The van der Waals surface area contributed by atoms with E-state index in [9.17, 15) is 63.0 Å². The first-order valence-corrected chi connectivity index (χ1v) is 39.3. The third kappa shape index (κ3) is 21.3. The molecule has 0 saturated carbocycles. The first kappa shape index (κ1) is 83.5. The van der Waals surface area contributed by atoms with Crippen molar-refractivity contribution in [1.82, 2.24) is 71.8 Å². The highest BCUT2D eigenvalue weighted by atomic mass is 32.1. The number of nitrogens with two attached hydrogens (primary N) is 1. The van der Waals surface area contributed by atoms with Crippen LogP contribution in [0, 0.1) is 24.7 Å². The lowest BCUT2D eigenvalue weighted by atomic mass is 9.91. The Morgan fingerprint density at radius 2 is 1.50 bits per heavy atom. The molecular weight excluding hydrogens is 1490 g/mol. The Morgan fingerprint density at radius 1 is 0.772 bits per heavy atom. The quantitative estimate of drug-likeness (QED) is 0.0203. The van der Waals surface area contributed by atoms with Crippen LogP contribution < -0.4 is 57.5 Å². The molecule has 8 atom stereocenters. The molecule has 3 fully saturated rings. The van der Waals surface area contributed by atoms with Crippen molar-refractivity contribution in [3.8, 4) is 33.3 Å². The zero-order chi connectivity index (χ0) is 81.4. The number of rotatable bonds is 33. The summed E-state index contributed by atoms with van der Waals surface area (Å²) in [5.41, 5.74) is 12.4. The number of thiazole rings is 1. The summed E-state index contributed by atoms with van der Waals surface area (Å²) in [6.45, 7) is 16.0. The Labute approximate surface area is 663 Å². The standard InChI is InChI=1S/C79H100N18O16S/c1-45(2)69(77(108)95-41-55(98)35-61(95)75(106)84-47(5)51-16-18-52(19-17-51)71-48(6)83-44-114-71)63-37-66(91-113-63)111-34-33-92-29-26-49(27-30-92)38-93-31-32-94-54(39-93)40-97(72-60(94)36-59(89-90-72)56-11-8-9-13-62(56)99)79(110)112-43-50-14-20-53(21-15-50)85-74(105)57(12-10-28-82-78(80)109)87-76(107)70(46(3)4)88-64(100)23-22-58(73(104)81-7)86-65(101)42-96-67(102)24-25-68(96)103/h8-9,11,13-21,24-25,36-37,44-47,49,54-55,57-58,61,69-70,98-99H,10,12,22-23,26-35,38-43H2,1-7H3,(H,81,104)(H,84,106)(H,85,105)(H,86,101)(H,87,107)(H,88,100)(H3,80,82,109)/t47-,54+,55+,57-,58+,61-,69+,70-/m0/s1. The number of hydrogen-bond donors (Lipinski definition) is 10. The van der Waals surface area contributed by atoms with E-state index in [1.807, 2.05) is 63.5 Å². The number of phenols is 1. The van der Waals surface area contributed by atoms with E-state index in [0.29, 0.717) is 76.8 Å². The summed E-state index contributed by atoms with van der Waals surface area (Å²) in [6.07, 6.45) is 2.13. The average molecular weight is 1590 g/mol. The van der Waals surface area contributed by atoms with E-state index < -0.39 is 102 Å². The number of nitrogens with zero attached hydrogens (tertiary/aromatic N) is 10. The number of likely N-dealkylation sites (N-methyl/N-ethyl adjacent to an activating group) is 1. The topological polar surface area (TPSA) is 441 Å². The minimum atomic E-state index is -1.25. The summed E-state index contributed by atoms with van der Waals surface area (Å²) in [5, 5.41) is 53.6. The van der Waals surface area contributed by atoms with Crippen LogP contribution in [0.15, 0.2) is 107 Å². The highest BCUT2D eigenvalue weighted by Gasteiger charge is 2.45. The Kier molecular flexibility index (Phi) is 28.1. The van der Waals surface area contributed by atoms with E-state index in [0.717, 1.165) is 72.9 Å². The third-order valence-electron chi connectivity index (χ3n) is 21.2. The Balaban J connectivity index is 0.654. The minimum absolute atomic E-state index is 0.00449. The number of urea groups is 1. The second kappa shape index (κ2) is 38.4. The van der Waals surface area contributed by atoms with Crippen LogP contribution in [0.1, 0.15) is 114 Å². The molecule has 12 amide bonds. The fourth-order valence-corrected chi connectivity index (χ4v) is 15.7. The number of β-amino-alcohol motifs (C(OH)–C–C–N with tert-alkyl or cyclic N) is 1. The Bertz CT molecular complexity index is 4470. The number of aromatic nitrogens is 4. The number of likely N-dealkylation sites (tertiary alicyclic amines) is 2. The molecule has 0 aliphatic carbocycles. The molecule has 3 aromatic heterocycles. The van der Waals surface area contributed by atoms with Gasteiger partial charge in [-0.25, -0.2) is 14.6 Å². The van der Waals surface area contributed by atoms with Crippen molar-refractivity contribution >= 4 is 93.8 Å². The van der Waals surface area contributed by atoms with Crippen LogP contribution in [0.2, 0.25) is 0 Å². The summed E-state index contributed by atoms with van der Waals surface area (Å²) in [4.78, 5) is 161. The van der Waals surface area contributed by atoms with Gasteiger partial charge in [0.25, 0.3) is 17.7 Å². The maximum Gasteiger partial charge on any atom is 0.415 e. The molecule has 3 saturated heterocycles. The number of anilines is 3. The molecule has 6 aromatic rings. The molecule has 35 heteroatoms. The lowest BCUT2D eigenvalue weighted by molar-refractivity contribution is -0.141.